The molecule has 72 valence electrons. The van der Waals surface area contributed by atoms with E-state index in [4.69, 9.17) is 5.11 Å². The van der Waals surface area contributed by atoms with Crippen molar-refractivity contribution in [2.24, 2.45) is 0 Å². The Kier molecular flexibility index (Phi) is 2.43. The summed E-state index contributed by atoms with van der Waals surface area (Å²) in [6.07, 6.45) is 0.888. The molecule has 0 aliphatic rings. The molecule has 0 saturated heterocycles. The minimum atomic E-state index is -0.818. The van der Waals surface area contributed by atoms with Gasteiger partial charge in [-0.15, -0.1) is 0 Å². The van der Waals surface area contributed by atoms with Gasteiger partial charge in [0, 0.05) is 11.6 Å². The van der Waals surface area contributed by atoms with Crippen molar-refractivity contribution in [2.45, 2.75) is 6.10 Å². The quantitative estimate of drug-likeness (QED) is 0.747. The molecular weight excluding hydrogens is 178 g/mol. The van der Waals surface area contributed by atoms with Crippen LogP contribution in [0.1, 0.15) is 11.7 Å². The van der Waals surface area contributed by atoms with Gasteiger partial charge in [-0.25, -0.2) is 0 Å². The zero-order valence-electron chi connectivity index (χ0n) is 7.59. The number of aliphatic hydroxyl groups is 2. The summed E-state index contributed by atoms with van der Waals surface area (Å²) in [5.41, 5.74) is 1.52. The zero-order chi connectivity index (χ0) is 9.97. The van der Waals surface area contributed by atoms with E-state index in [1.807, 2.05) is 18.2 Å². The van der Waals surface area contributed by atoms with Crippen molar-refractivity contribution in [3.05, 3.63) is 42.1 Å². The number of nitrogens with zero attached hydrogens (tertiary/aromatic N) is 1. The number of aliphatic hydroxyl groups excluding tert-OH is 2. The number of aromatic nitrogens is 1. The van der Waals surface area contributed by atoms with Gasteiger partial charge in [-0.3, -0.25) is 4.98 Å². The molecule has 0 saturated carbocycles. The molecule has 1 aromatic heterocycles. The lowest BCUT2D eigenvalue weighted by atomic mass is 10.1. The molecule has 3 heteroatoms. The summed E-state index contributed by atoms with van der Waals surface area (Å²) in [5.74, 6) is 0. The second-order valence-corrected chi connectivity index (χ2v) is 3.15. The number of hydrogen-bond donors (Lipinski definition) is 2. The molecule has 0 bridgehead atoms. The van der Waals surface area contributed by atoms with Crippen molar-refractivity contribution in [2.75, 3.05) is 6.61 Å². The number of benzene rings is 1. The Hall–Kier alpha value is -1.45. The smallest absolute Gasteiger partial charge is 0.102 e. The molecule has 1 aromatic carbocycles. The van der Waals surface area contributed by atoms with E-state index in [1.54, 1.807) is 18.3 Å². The topological polar surface area (TPSA) is 53.4 Å². The molecule has 0 aliphatic heterocycles. The maximum atomic E-state index is 9.41. The van der Waals surface area contributed by atoms with Crippen LogP contribution in [0.25, 0.3) is 10.9 Å². The van der Waals surface area contributed by atoms with Crippen molar-refractivity contribution in [1.82, 2.24) is 4.98 Å². The van der Waals surface area contributed by atoms with Gasteiger partial charge in [0.05, 0.1) is 12.1 Å². The molecule has 1 atom stereocenters. The third-order valence-corrected chi connectivity index (χ3v) is 2.19. The number of hydrogen-bond acceptors (Lipinski definition) is 3. The van der Waals surface area contributed by atoms with Crippen molar-refractivity contribution >= 4 is 10.9 Å². The Morgan fingerprint density at radius 2 is 2.14 bits per heavy atom. The van der Waals surface area contributed by atoms with Crippen LogP contribution in [0.3, 0.4) is 0 Å². The van der Waals surface area contributed by atoms with Gasteiger partial charge in [0.1, 0.15) is 6.10 Å². The Morgan fingerprint density at radius 1 is 1.29 bits per heavy atom. The molecule has 2 aromatic rings. The number of pyridine rings is 1. The molecule has 3 nitrogen and oxygen atoms in total. The van der Waals surface area contributed by atoms with Gasteiger partial charge in [-0.1, -0.05) is 18.2 Å². The first-order valence-corrected chi connectivity index (χ1v) is 4.45. The molecule has 2 rings (SSSR count). The van der Waals surface area contributed by atoms with Gasteiger partial charge in [0.25, 0.3) is 0 Å². The van der Waals surface area contributed by atoms with Crippen LogP contribution >= 0.6 is 0 Å². The van der Waals surface area contributed by atoms with Crippen LogP contribution in [-0.2, 0) is 0 Å². The second kappa shape index (κ2) is 3.74. The van der Waals surface area contributed by atoms with E-state index in [0.717, 1.165) is 10.9 Å². The predicted molar refractivity (Wildman–Crippen MR) is 53.8 cm³/mol. The summed E-state index contributed by atoms with van der Waals surface area (Å²) in [5, 5.41) is 19.2. The predicted octanol–water partition coefficient (Wildman–Crippen LogP) is 1.26. The van der Waals surface area contributed by atoms with E-state index in [2.05, 4.69) is 4.98 Å². The minimum Gasteiger partial charge on any atom is -0.393 e. The van der Waals surface area contributed by atoms with E-state index in [1.165, 1.54) is 0 Å². The highest BCUT2D eigenvalue weighted by molar-refractivity contribution is 5.78. The molecule has 2 N–H and O–H groups in total. The third kappa shape index (κ3) is 1.60. The highest BCUT2D eigenvalue weighted by Gasteiger charge is 2.05. The Labute approximate surface area is 81.7 Å². The van der Waals surface area contributed by atoms with E-state index < -0.39 is 6.10 Å². The summed E-state index contributed by atoms with van der Waals surface area (Å²) in [7, 11) is 0. The van der Waals surface area contributed by atoms with Crippen LogP contribution in [0.2, 0.25) is 0 Å². The van der Waals surface area contributed by atoms with E-state index in [-0.39, 0.29) is 6.61 Å². The fourth-order valence-corrected chi connectivity index (χ4v) is 1.40. The molecule has 0 spiro atoms. The Morgan fingerprint density at radius 3 is 2.93 bits per heavy atom. The van der Waals surface area contributed by atoms with Crippen LogP contribution in [0.15, 0.2) is 36.5 Å². The first-order valence-electron chi connectivity index (χ1n) is 4.45. The molecule has 1 unspecified atom stereocenters. The zero-order valence-corrected chi connectivity index (χ0v) is 7.59. The van der Waals surface area contributed by atoms with Crippen LogP contribution < -0.4 is 0 Å². The summed E-state index contributed by atoms with van der Waals surface area (Å²) in [6.45, 7) is -0.266. The van der Waals surface area contributed by atoms with Crippen molar-refractivity contribution in [1.29, 1.82) is 0 Å². The van der Waals surface area contributed by atoms with Crippen molar-refractivity contribution in [3.8, 4) is 0 Å². The maximum absolute atomic E-state index is 9.41. The standard InChI is InChI=1S/C11H11NO2/c13-7-11(14)9-4-3-8-2-1-5-12-10(8)6-9/h1-6,11,13-14H,7H2. The van der Waals surface area contributed by atoms with E-state index in [0.29, 0.717) is 5.56 Å². The Balaban J connectivity index is 2.51. The second-order valence-electron chi connectivity index (χ2n) is 3.15. The molecule has 0 aliphatic carbocycles. The van der Waals surface area contributed by atoms with Gasteiger partial charge in [-0.2, -0.15) is 0 Å². The molecule has 0 fully saturated rings. The van der Waals surface area contributed by atoms with Crippen molar-refractivity contribution in [3.63, 3.8) is 0 Å². The Bertz CT molecular complexity index is 442. The average Bonchev–Trinajstić information content (AvgIpc) is 2.27. The minimum absolute atomic E-state index is 0.266. The molecule has 0 amide bonds. The highest BCUT2D eigenvalue weighted by atomic mass is 16.3. The fourth-order valence-electron chi connectivity index (χ4n) is 1.40. The highest BCUT2D eigenvalue weighted by Crippen LogP contribution is 2.18. The van der Waals surface area contributed by atoms with Gasteiger partial charge >= 0.3 is 0 Å². The summed E-state index contributed by atoms with van der Waals surface area (Å²) < 4.78 is 0. The molecule has 14 heavy (non-hydrogen) atoms. The lowest BCUT2D eigenvalue weighted by Crippen LogP contribution is -2.02. The van der Waals surface area contributed by atoms with Crippen molar-refractivity contribution < 1.29 is 10.2 Å². The molecule has 1 heterocycles. The summed E-state index contributed by atoms with van der Waals surface area (Å²) in [6, 6.07) is 9.29. The van der Waals surface area contributed by atoms with E-state index in [9.17, 15) is 5.11 Å². The fraction of sp³-hybridized carbons (Fsp3) is 0.182. The normalized spacial score (nSPS) is 13.0. The lowest BCUT2D eigenvalue weighted by Gasteiger charge is -2.07. The summed E-state index contributed by atoms with van der Waals surface area (Å²) in [4.78, 5) is 4.17. The first kappa shape index (κ1) is 9.12. The van der Waals surface area contributed by atoms with Gasteiger partial charge < -0.3 is 10.2 Å². The summed E-state index contributed by atoms with van der Waals surface area (Å²) >= 11 is 0. The van der Waals surface area contributed by atoms with Crippen LogP contribution in [0, 0.1) is 0 Å². The van der Waals surface area contributed by atoms with Gasteiger partial charge in [0.15, 0.2) is 0 Å². The van der Waals surface area contributed by atoms with Crippen LogP contribution in [0.4, 0.5) is 0 Å². The van der Waals surface area contributed by atoms with Crippen LogP contribution in [-0.4, -0.2) is 21.8 Å². The number of rotatable bonds is 2. The van der Waals surface area contributed by atoms with Gasteiger partial charge in [-0.05, 0) is 17.7 Å². The SMILES string of the molecule is OCC(O)c1ccc2cccnc2c1. The largest absolute Gasteiger partial charge is 0.393 e. The first-order chi connectivity index (χ1) is 6.81. The number of fused-ring (bicyclic) bond motifs is 1. The van der Waals surface area contributed by atoms with E-state index >= 15 is 0 Å². The maximum Gasteiger partial charge on any atom is 0.102 e. The lowest BCUT2D eigenvalue weighted by molar-refractivity contribution is 0.0957. The van der Waals surface area contributed by atoms with Crippen LogP contribution in [0.5, 0.6) is 0 Å². The molecule has 0 radical (unpaired) electrons. The monoisotopic (exact) mass is 189 g/mol. The third-order valence-electron chi connectivity index (χ3n) is 2.19. The van der Waals surface area contributed by atoms with Gasteiger partial charge in [0.2, 0.25) is 0 Å². The molecular formula is C11H11NO2. The average molecular weight is 189 g/mol.